The first-order chi connectivity index (χ1) is 3.83. The Morgan fingerprint density at radius 1 is 0.800 bits per heavy atom. The maximum atomic E-state index is 8.99. The van der Waals surface area contributed by atoms with E-state index in [1.165, 1.54) is 0 Å². The first-order valence-electron chi connectivity index (χ1n) is 2.21. The van der Waals surface area contributed by atoms with Crippen molar-refractivity contribution in [1.82, 2.24) is 0 Å². The second-order valence-electron chi connectivity index (χ2n) is 0.855. The summed E-state index contributed by atoms with van der Waals surface area (Å²) >= 11 is 0. The van der Waals surface area contributed by atoms with E-state index in [-0.39, 0.29) is 116 Å². The molecule has 10 heavy (non-hydrogen) atoms. The van der Waals surface area contributed by atoms with Crippen molar-refractivity contribution in [2.45, 2.75) is 0 Å². The molecule has 6 heteroatoms. The summed E-state index contributed by atoms with van der Waals surface area (Å²) in [5, 5.41) is 33.2. The molecule has 0 bridgehead atoms. The molecule has 0 rings (SSSR count). The Morgan fingerprint density at radius 2 is 1.00 bits per heavy atom. The zero-order valence-corrected chi connectivity index (χ0v) is 12.8. The van der Waals surface area contributed by atoms with E-state index in [1.54, 1.807) is 0 Å². The molecule has 0 aromatic heterocycles. The van der Waals surface area contributed by atoms with Crippen molar-refractivity contribution in [3.63, 3.8) is 0 Å². The molecule has 0 aliphatic heterocycles. The fraction of sp³-hybridized carbons (Fsp3) is 1.00. The Labute approximate surface area is 146 Å². The molecule has 0 saturated carbocycles. The molecule has 52 valence electrons. The quantitative estimate of drug-likeness (QED) is 0.433. The smallest absolute Gasteiger partial charge is 0.855 e. The molecule has 0 aliphatic carbocycles. The topological polar surface area (TPSA) is 86.6 Å². The largest absolute Gasteiger partial charge is 1.00 e. The number of hydrogen-bond acceptors (Lipinski definition) is 4. The normalized spacial score (nSPS) is 6.00. The molecule has 0 aromatic rings. The van der Waals surface area contributed by atoms with Gasteiger partial charge in [0.15, 0.2) is 0 Å². The third kappa shape index (κ3) is 43.5. The van der Waals surface area contributed by atoms with Gasteiger partial charge in [0.25, 0.3) is 0 Å². The van der Waals surface area contributed by atoms with Gasteiger partial charge in [0.05, 0.1) is 13.2 Å². The molecule has 0 heterocycles. The van der Waals surface area contributed by atoms with E-state index in [2.05, 4.69) is 0 Å². The van der Waals surface area contributed by atoms with E-state index in [0.29, 0.717) is 0 Å². The number of rotatable bonds is 2. The second-order valence-corrected chi connectivity index (χ2v) is 0.855. The zero-order chi connectivity index (χ0) is 6.83. The Kier molecular flexibility index (Phi) is 68.5. The van der Waals surface area contributed by atoms with Crippen LogP contribution in [0.5, 0.6) is 0 Å². The molecular weight excluding hydrogens is 190 g/mol. The van der Waals surface area contributed by atoms with Gasteiger partial charge in [-0.25, -0.2) is 0 Å². The van der Waals surface area contributed by atoms with Crippen molar-refractivity contribution >= 4 is 0 Å². The fourth-order valence-electron chi connectivity index (χ4n) is 0. The average Bonchev–Trinajstić information content (AvgIpc) is 1.88. The van der Waals surface area contributed by atoms with Gasteiger partial charge < -0.3 is 20.4 Å². The van der Waals surface area contributed by atoms with Crippen LogP contribution in [0, 0.1) is 0 Å². The summed E-state index contributed by atoms with van der Waals surface area (Å²) in [6, 6.07) is 0. The van der Waals surface area contributed by atoms with Gasteiger partial charge in [-0.15, -0.1) is 0 Å². The number of hydrogen-bond donors (Lipinski definition) is 2. The van der Waals surface area contributed by atoms with Crippen molar-refractivity contribution in [3.05, 3.63) is 0 Å². The SMILES string of the molecule is OCCO.[K+].[K+].[O-]CC[O-]. The minimum absolute atomic E-state index is 0. The first kappa shape index (κ1) is 23.2. The molecule has 0 spiro atoms. The van der Waals surface area contributed by atoms with Gasteiger partial charge in [-0.1, -0.05) is 0 Å². The van der Waals surface area contributed by atoms with Crippen molar-refractivity contribution < 1.29 is 123 Å². The number of aliphatic hydroxyl groups excluding tert-OH is 2. The van der Waals surface area contributed by atoms with E-state index in [4.69, 9.17) is 20.4 Å². The van der Waals surface area contributed by atoms with Gasteiger partial charge in [-0.2, -0.15) is 13.2 Å². The Hall–Kier alpha value is 3.11. The molecule has 0 fully saturated rings. The molecule has 0 radical (unpaired) electrons. The van der Waals surface area contributed by atoms with Crippen molar-refractivity contribution in [1.29, 1.82) is 0 Å². The second kappa shape index (κ2) is 29.6. The summed E-state index contributed by atoms with van der Waals surface area (Å²) in [7, 11) is 0. The van der Waals surface area contributed by atoms with E-state index in [9.17, 15) is 0 Å². The molecular formula is C4H10K2O4. The van der Waals surface area contributed by atoms with Gasteiger partial charge in [0.1, 0.15) is 0 Å². The third-order valence-electron chi connectivity index (χ3n) is 0.183. The molecule has 0 aromatic carbocycles. The molecule has 4 nitrogen and oxygen atoms in total. The molecule has 0 unspecified atom stereocenters. The standard InChI is InChI=1S/C2H6O2.C2H4O2.2K/c2*3-1-2-4;;/h3-4H,1-2H2;1-2H2;;/q;-2;2*+1. The Morgan fingerprint density at radius 3 is 1.00 bits per heavy atom. The van der Waals surface area contributed by atoms with Crippen molar-refractivity contribution in [3.8, 4) is 0 Å². The van der Waals surface area contributed by atoms with Crippen LogP contribution in [0.4, 0.5) is 0 Å². The van der Waals surface area contributed by atoms with Crippen LogP contribution in [0.1, 0.15) is 0 Å². The summed E-state index contributed by atoms with van der Waals surface area (Å²) in [5.41, 5.74) is 0. The van der Waals surface area contributed by atoms with E-state index in [0.717, 1.165) is 0 Å². The fourth-order valence-corrected chi connectivity index (χ4v) is 0. The van der Waals surface area contributed by atoms with Crippen LogP contribution >= 0.6 is 0 Å². The summed E-state index contributed by atoms with van der Waals surface area (Å²) < 4.78 is 0. The van der Waals surface area contributed by atoms with Gasteiger partial charge in [-0.05, 0) is 0 Å². The minimum atomic E-state index is -0.486. The molecule has 0 saturated heterocycles. The van der Waals surface area contributed by atoms with Crippen LogP contribution < -0.4 is 113 Å². The third-order valence-corrected chi connectivity index (χ3v) is 0.183. The summed E-state index contributed by atoms with van der Waals surface area (Å²) in [6.45, 7) is -1.22. The van der Waals surface area contributed by atoms with Gasteiger partial charge >= 0.3 is 103 Å². The van der Waals surface area contributed by atoms with E-state index in [1.807, 2.05) is 0 Å². The maximum Gasteiger partial charge on any atom is 1.00 e. The van der Waals surface area contributed by atoms with Crippen molar-refractivity contribution in [2.75, 3.05) is 26.4 Å². The first-order valence-corrected chi connectivity index (χ1v) is 2.21. The molecule has 0 atom stereocenters. The number of aliphatic hydroxyl groups is 2. The average molecular weight is 200 g/mol. The van der Waals surface area contributed by atoms with E-state index < -0.39 is 13.2 Å². The van der Waals surface area contributed by atoms with Gasteiger partial charge in [-0.3, -0.25) is 0 Å². The van der Waals surface area contributed by atoms with E-state index >= 15 is 0 Å². The minimum Gasteiger partial charge on any atom is -0.855 e. The predicted molar refractivity (Wildman–Crippen MR) is 23.9 cm³/mol. The zero-order valence-electron chi connectivity index (χ0n) is 6.54. The van der Waals surface area contributed by atoms with Crippen LogP contribution in [-0.4, -0.2) is 36.6 Å². The van der Waals surface area contributed by atoms with Gasteiger partial charge in [0, 0.05) is 0 Å². The maximum absolute atomic E-state index is 8.99. The van der Waals surface area contributed by atoms with Crippen LogP contribution in [0.2, 0.25) is 0 Å². The predicted octanol–water partition coefficient (Wildman–Crippen LogP) is -9.31. The summed E-state index contributed by atoms with van der Waals surface area (Å²) in [5.74, 6) is 0. The van der Waals surface area contributed by atoms with Crippen LogP contribution in [-0.2, 0) is 0 Å². The Balaban J connectivity index is -0.0000000300. The van der Waals surface area contributed by atoms with Crippen LogP contribution in [0.25, 0.3) is 0 Å². The van der Waals surface area contributed by atoms with Crippen LogP contribution in [0.15, 0.2) is 0 Å². The van der Waals surface area contributed by atoms with Crippen molar-refractivity contribution in [2.24, 2.45) is 0 Å². The summed E-state index contributed by atoms with van der Waals surface area (Å²) in [4.78, 5) is 0. The van der Waals surface area contributed by atoms with Gasteiger partial charge in [0.2, 0.25) is 0 Å². The molecule has 2 N–H and O–H groups in total. The molecule has 0 aliphatic rings. The summed E-state index contributed by atoms with van der Waals surface area (Å²) in [6.07, 6.45) is 0. The Bertz CT molecular complexity index is 23.2. The van der Waals surface area contributed by atoms with Crippen LogP contribution in [0.3, 0.4) is 0 Å². The molecule has 0 amide bonds. The monoisotopic (exact) mass is 200 g/mol.